The minimum atomic E-state index is -1.25. The molecule has 1 aliphatic rings. The maximum absolute atomic E-state index is 12.7. The molecule has 0 aliphatic carbocycles. The van der Waals surface area contributed by atoms with E-state index in [1.54, 1.807) is 44.2 Å². The van der Waals surface area contributed by atoms with E-state index < -0.39 is 35.8 Å². The van der Waals surface area contributed by atoms with Crippen LogP contribution in [0.1, 0.15) is 28.6 Å². The molecule has 0 spiro atoms. The summed E-state index contributed by atoms with van der Waals surface area (Å²) in [5.74, 6) is -1.44. The van der Waals surface area contributed by atoms with Crippen molar-refractivity contribution in [2.24, 2.45) is 0 Å². The van der Waals surface area contributed by atoms with Crippen LogP contribution in [0.25, 0.3) is 0 Å². The molecule has 2 heterocycles. The largest absolute Gasteiger partial charge is 0.469 e. The van der Waals surface area contributed by atoms with Gasteiger partial charge in [0.1, 0.15) is 17.8 Å². The van der Waals surface area contributed by atoms with Crippen LogP contribution in [0.5, 0.6) is 0 Å². The Morgan fingerprint density at radius 3 is 2.48 bits per heavy atom. The lowest BCUT2D eigenvalue weighted by atomic mass is 9.92. The Morgan fingerprint density at radius 2 is 1.85 bits per heavy atom. The summed E-state index contributed by atoms with van der Waals surface area (Å²) in [6, 6.07) is 9.51. The van der Waals surface area contributed by atoms with Crippen molar-refractivity contribution < 1.29 is 23.6 Å². The number of aryl methyl sites for hydroxylation is 1. The standard InChI is InChI=1S/C18H18N4O5/c1-11-13(8-9-27-11)15(24)21-20-14(23)10-22-16(25)18(2,19-17(22)26)12-6-4-3-5-7-12/h3-9H,10H2,1-2H3,(H,19,26)(H,20,23)(H,21,24)/t18-/m0/s1. The summed E-state index contributed by atoms with van der Waals surface area (Å²) < 4.78 is 5.01. The third-order valence-corrected chi connectivity index (χ3v) is 4.35. The lowest BCUT2D eigenvalue weighted by Gasteiger charge is -2.22. The van der Waals surface area contributed by atoms with Crippen molar-refractivity contribution in [3.8, 4) is 0 Å². The summed E-state index contributed by atoms with van der Waals surface area (Å²) in [5, 5.41) is 2.60. The van der Waals surface area contributed by atoms with Crippen molar-refractivity contribution in [2.45, 2.75) is 19.4 Å². The Labute approximate surface area is 154 Å². The second kappa shape index (κ2) is 6.94. The zero-order valence-electron chi connectivity index (χ0n) is 14.7. The summed E-state index contributed by atoms with van der Waals surface area (Å²) in [7, 11) is 0. The van der Waals surface area contributed by atoms with E-state index >= 15 is 0 Å². The molecule has 0 bridgehead atoms. The Kier molecular flexibility index (Phi) is 4.68. The smallest absolute Gasteiger partial charge is 0.325 e. The summed E-state index contributed by atoms with van der Waals surface area (Å²) in [6.45, 7) is 2.65. The third-order valence-electron chi connectivity index (χ3n) is 4.35. The first-order valence-electron chi connectivity index (χ1n) is 8.16. The molecule has 0 unspecified atom stereocenters. The first kappa shape index (κ1) is 18.2. The number of rotatable bonds is 4. The number of carbonyl (C=O) groups excluding carboxylic acids is 4. The zero-order chi connectivity index (χ0) is 19.6. The molecular weight excluding hydrogens is 352 g/mol. The van der Waals surface area contributed by atoms with Gasteiger partial charge < -0.3 is 9.73 Å². The van der Waals surface area contributed by atoms with Gasteiger partial charge in [-0.15, -0.1) is 0 Å². The summed E-state index contributed by atoms with van der Waals surface area (Å²) in [5.41, 5.74) is 4.01. The molecule has 2 aromatic rings. The van der Waals surface area contributed by atoms with Crippen LogP contribution in [0.4, 0.5) is 4.79 Å². The maximum Gasteiger partial charge on any atom is 0.325 e. The van der Waals surface area contributed by atoms with Crippen LogP contribution >= 0.6 is 0 Å². The molecule has 3 N–H and O–H groups in total. The number of urea groups is 1. The van der Waals surface area contributed by atoms with Gasteiger partial charge in [-0.25, -0.2) is 4.79 Å². The van der Waals surface area contributed by atoms with E-state index in [9.17, 15) is 19.2 Å². The van der Waals surface area contributed by atoms with Gasteiger partial charge >= 0.3 is 6.03 Å². The van der Waals surface area contributed by atoms with Crippen molar-refractivity contribution >= 4 is 23.8 Å². The van der Waals surface area contributed by atoms with Crippen LogP contribution in [0, 0.1) is 6.92 Å². The van der Waals surface area contributed by atoms with Gasteiger partial charge in [-0.2, -0.15) is 0 Å². The minimum Gasteiger partial charge on any atom is -0.469 e. The van der Waals surface area contributed by atoms with Crippen LogP contribution < -0.4 is 16.2 Å². The van der Waals surface area contributed by atoms with Crippen LogP contribution in [0.2, 0.25) is 0 Å². The lowest BCUT2D eigenvalue weighted by molar-refractivity contribution is -0.135. The van der Waals surface area contributed by atoms with Gasteiger partial charge in [0.15, 0.2) is 0 Å². The fourth-order valence-electron chi connectivity index (χ4n) is 2.81. The fraction of sp³-hybridized carbons (Fsp3) is 0.222. The Balaban J connectivity index is 1.63. The van der Waals surface area contributed by atoms with E-state index in [2.05, 4.69) is 16.2 Å². The highest BCUT2D eigenvalue weighted by Crippen LogP contribution is 2.28. The van der Waals surface area contributed by atoms with Gasteiger partial charge in [0.05, 0.1) is 11.8 Å². The van der Waals surface area contributed by atoms with Gasteiger partial charge in [0.2, 0.25) is 0 Å². The van der Waals surface area contributed by atoms with E-state index in [-0.39, 0.29) is 5.56 Å². The predicted molar refractivity (Wildman–Crippen MR) is 93.1 cm³/mol. The number of nitrogens with zero attached hydrogens (tertiary/aromatic N) is 1. The maximum atomic E-state index is 12.7. The molecule has 1 aliphatic heterocycles. The van der Waals surface area contributed by atoms with Crippen molar-refractivity contribution in [1.29, 1.82) is 0 Å². The molecule has 9 heteroatoms. The van der Waals surface area contributed by atoms with E-state index in [0.29, 0.717) is 11.3 Å². The van der Waals surface area contributed by atoms with E-state index in [1.807, 2.05) is 0 Å². The first-order valence-corrected chi connectivity index (χ1v) is 8.16. The monoisotopic (exact) mass is 370 g/mol. The molecule has 1 atom stereocenters. The Bertz CT molecular complexity index is 907. The van der Waals surface area contributed by atoms with E-state index in [1.165, 1.54) is 12.3 Å². The first-order chi connectivity index (χ1) is 12.8. The number of hydrogen-bond donors (Lipinski definition) is 3. The molecule has 1 aromatic carbocycles. The second-order valence-corrected chi connectivity index (χ2v) is 6.21. The topological polar surface area (TPSA) is 121 Å². The van der Waals surface area contributed by atoms with Crippen molar-refractivity contribution in [3.63, 3.8) is 0 Å². The minimum absolute atomic E-state index is 0.266. The average molecular weight is 370 g/mol. The third kappa shape index (κ3) is 3.39. The second-order valence-electron chi connectivity index (χ2n) is 6.21. The number of hydrazine groups is 1. The number of imide groups is 1. The molecule has 27 heavy (non-hydrogen) atoms. The number of carbonyl (C=O) groups is 4. The molecule has 1 aromatic heterocycles. The highest BCUT2D eigenvalue weighted by Gasteiger charge is 2.49. The fourth-order valence-corrected chi connectivity index (χ4v) is 2.81. The quantitative estimate of drug-likeness (QED) is 0.543. The highest BCUT2D eigenvalue weighted by atomic mass is 16.3. The molecular formula is C18H18N4O5. The zero-order valence-corrected chi connectivity index (χ0v) is 14.7. The van der Waals surface area contributed by atoms with Crippen LogP contribution in [0.15, 0.2) is 47.1 Å². The van der Waals surface area contributed by atoms with Gasteiger partial charge in [-0.1, -0.05) is 30.3 Å². The molecule has 140 valence electrons. The molecule has 3 rings (SSSR count). The number of nitrogens with one attached hydrogen (secondary N) is 3. The van der Waals surface area contributed by atoms with Gasteiger partial charge in [-0.05, 0) is 25.5 Å². The molecule has 1 saturated heterocycles. The van der Waals surface area contributed by atoms with Crippen molar-refractivity contribution in [3.05, 3.63) is 59.5 Å². The SMILES string of the molecule is Cc1occc1C(=O)NNC(=O)CN1C(=O)N[C@@](C)(c2ccccc2)C1=O. The average Bonchev–Trinajstić information content (AvgIpc) is 3.18. The van der Waals surface area contributed by atoms with E-state index in [4.69, 9.17) is 4.42 Å². The number of benzene rings is 1. The van der Waals surface area contributed by atoms with Crippen LogP contribution in [0.3, 0.4) is 0 Å². The molecule has 0 saturated carbocycles. The number of hydrogen-bond acceptors (Lipinski definition) is 5. The van der Waals surface area contributed by atoms with Crippen LogP contribution in [-0.4, -0.2) is 35.2 Å². The van der Waals surface area contributed by atoms with Gasteiger partial charge in [0.25, 0.3) is 17.7 Å². The number of furan rings is 1. The van der Waals surface area contributed by atoms with Gasteiger partial charge in [0, 0.05) is 0 Å². The number of amides is 5. The normalized spacial score (nSPS) is 19.0. The van der Waals surface area contributed by atoms with Crippen molar-refractivity contribution in [1.82, 2.24) is 21.1 Å². The molecule has 5 amide bonds. The predicted octanol–water partition coefficient (Wildman–Crippen LogP) is 0.816. The lowest BCUT2D eigenvalue weighted by Crippen LogP contribution is -2.48. The highest BCUT2D eigenvalue weighted by molar-refractivity contribution is 6.09. The summed E-state index contributed by atoms with van der Waals surface area (Å²) in [6.07, 6.45) is 1.35. The van der Waals surface area contributed by atoms with Crippen LogP contribution in [-0.2, 0) is 15.1 Å². The van der Waals surface area contributed by atoms with Gasteiger partial charge in [-0.3, -0.25) is 30.1 Å². The summed E-state index contributed by atoms with van der Waals surface area (Å²) in [4.78, 5) is 49.7. The van der Waals surface area contributed by atoms with Crippen molar-refractivity contribution in [2.75, 3.05) is 6.54 Å². The molecule has 9 nitrogen and oxygen atoms in total. The Morgan fingerprint density at radius 1 is 1.15 bits per heavy atom. The van der Waals surface area contributed by atoms with E-state index in [0.717, 1.165) is 4.90 Å². The molecule has 0 radical (unpaired) electrons. The summed E-state index contributed by atoms with van der Waals surface area (Å²) >= 11 is 0. The Hall–Kier alpha value is -3.62. The molecule has 1 fully saturated rings.